The molecule has 2 aliphatic heterocycles. The summed E-state index contributed by atoms with van der Waals surface area (Å²) >= 11 is 0. The molecule has 0 aliphatic carbocycles. The molecule has 4 aromatic carbocycles. The van der Waals surface area contributed by atoms with E-state index in [2.05, 4.69) is 5.32 Å². The second-order valence-electron chi connectivity index (χ2n) is 17.3. The molecule has 60 heavy (non-hydrogen) atoms. The molecular weight excluding hydrogens is 799 g/mol. The Hall–Kier alpha value is -4.44. The van der Waals surface area contributed by atoms with Gasteiger partial charge < -0.3 is 28.9 Å². The Balaban J connectivity index is 1.46. The van der Waals surface area contributed by atoms with Gasteiger partial charge in [-0.2, -0.15) is 4.31 Å². The SMILES string of the molecule is COC(=O)[C@H](NC(=O)[C@@H](CC(=O)N1CCOCC1)Cc1cccc2ccccc12)[C@H](O[Si](C)(C)C(C)(C)C)[C@@H]1O[C@H](c2ccccc2)[C@H](C)N1S(=O)(=O)c1ccc(C)cc1. The maximum Gasteiger partial charge on any atom is 0.331 e. The predicted octanol–water partition coefficient (Wildman–Crippen LogP) is 6.78. The third-order valence-electron chi connectivity index (χ3n) is 12.2. The molecule has 2 fully saturated rings. The first-order valence-corrected chi connectivity index (χ1v) is 25.0. The molecule has 4 aromatic rings. The molecule has 2 aliphatic rings. The van der Waals surface area contributed by atoms with Gasteiger partial charge in [-0.05, 0) is 72.4 Å². The van der Waals surface area contributed by atoms with Crippen molar-refractivity contribution in [1.82, 2.24) is 14.5 Å². The quantitative estimate of drug-likeness (QED) is 0.107. The van der Waals surface area contributed by atoms with Crippen LogP contribution in [0.4, 0.5) is 0 Å². The number of nitrogens with zero attached hydrogens (tertiary/aromatic N) is 2. The van der Waals surface area contributed by atoms with Gasteiger partial charge in [0.2, 0.25) is 21.8 Å². The van der Waals surface area contributed by atoms with Crippen molar-refractivity contribution in [2.75, 3.05) is 33.4 Å². The van der Waals surface area contributed by atoms with E-state index in [1.807, 2.05) is 114 Å². The van der Waals surface area contributed by atoms with Crippen LogP contribution in [-0.2, 0) is 49.5 Å². The highest BCUT2D eigenvalue weighted by atomic mass is 32.2. The van der Waals surface area contributed by atoms with Gasteiger partial charge in [-0.3, -0.25) is 9.59 Å². The highest BCUT2D eigenvalue weighted by molar-refractivity contribution is 7.89. The fraction of sp³-hybridized carbons (Fsp3) is 0.457. The average Bonchev–Trinajstić information content (AvgIpc) is 3.59. The molecular formula is C46H59N3O9SSi. The first-order valence-electron chi connectivity index (χ1n) is 20.6. The van der Waals surface area contributed by atoms with E-state index >= 15 is 0 Å². The summed E-state index contributed by atoms with van der Waals surface area (Å²) < 4.78 is 56.0. The number of morpholine rings is 1. The number of hydrogen-bond donors (Lipinski definition) is 1. The summed E-state index contributed by atoms with van der Waals surface area (Å²) in [4.78, 5) is 44.9. The summed E-state index contributed by atoms with van der Waals surface area (Å²) in [7, 11) is -6.01. The molecule has 0 saturated carbocycles. The number of methoxy groups -OCH3 is 1. The van der Waals surface area contributed by atoms with E-state index in [1.165, 1.54) is 11.4 Å². The zero-order valence-electron chi connectivity index (χ0n) is 35.9. The molecule has 0 spiro atoms. The number of rotatable bonds is 14. The number of sulfonamides is 1. The summed E-state index contributed by atoms with van der Waals surface area (Å²) in [5.74, 6) is -2.57. The minimum absolute atomic E-state index is 0.0452. The summed E-state index contributed by atoms with van der Waals surface area (Å²) in [5, 5.41) is 4.48. The van der Waals surface area contributed by atoms with Crippen molar-refractivity contribution in [2.24, 2.45) is 5.92 Å². The second kappa shape index (κ2) is 18.7. The van der Waals surface area contributed by atoms with Crippen molar-refractivity contribution in [1.29, 1.82) is 0 Å². The van der Waals surface area contributed by atoms with E-state index in [1.54, 1.807) is 36.1 Å². The Morgan fingerprint density at radius 2 is 1.53 bits per heavy atom. The fourth-order valence-corrected chi connectivity index (χ4v) is 10.7. The van der Waals surface area contributed by atoms with Gasteiger partial charge >= 0.3 is 5.97 Å². The highest BCUT2D eigenvalue weighted by Crippen LogP contribution is 2.44. The third-order valence-corrected chi connectivity index (χ3v) is 18.6. The molecule has 6 atom stereocenters. The van der Waals surface area contributed by atoms with Crippen LogP contribution in [0, 0.1) is 12.8 Å². The molecule has 2 amide bonds. The van der Waals surface area contributed by atoms with Crippen LogP contribution in [0.3, 0.4) is 0 Å². The van der Waals surface area contributed by atoms with Crippen LogP contribution >= 0.6 is 0 Å². The molecule has 14 heteroatoms. The standard InChI is InChI=1S/C46H59N3O9SSi/c1-31-21-23-37(24-22-31)59(53,54)49-32(2)41(34-16-10-9-11-17-34)57-44(49)42(58-60(7,8)46(3,4)5)40(45(52)55-6)47-43(51)36(30-39(50)48-25-27-56-28-26-48)29-35-19-14-18-33-15-12-13-20-38(33)35/h9-24,32,36,40-42,44H,25-30H2,1-8H3,(H,47,51)/t32-,36+,40+,41-,42-,44-/m0/s1. The number of carbonyl (C=O) groups is 3. The predicted molar refractivity (Wildman–Crippen MR) is 233 cm³/mol. The van der Waals surface area contributed by atoms with Crippen LogP contribution in [-0.4, -0.2) is 102 Å². The molecule has 2 saturated heterocycles. The van der Waals surface area contributed by atoms with Crippen molar-refractivity contribution in [3.8, 4) is 0 Å². The fourth-order valence-electron chi connectivity index (χ4n) is 7.73. The first-order chi connectivity index (χ1) is 28.4. The number of ether oxygens (including phenoxy) is 3. The molecule has 1 N–H and O–H groups in total. The lowest BCUT2D eigenvalue weighted by Crippen LogP contribution is -2.63. The maximum atomic E-state index is 15.0. The van der Waals surface area contributed by atoms with E-state index in [9.17, 15) is 22.8 Å². The first kappa shape index (κ1) is 45.1. The van der Waals surface area contributed by atoms with Crippen molar-refractivity contribution < 1.29 is 41.4 Å². The number of esters is 1. The van der Waals surface area contributed by atoms with Crippen molar-refractivity contribution in [3.05, 3.63) is 114 Å². The van der Waals surface area contributed by atoms with E-state index in [0.717, 1.165) is 27.5 Å². The topological polar surface area (TPSA) is 141 Å². The molecule has 0 bridgehead atoms. The normalized spacial score (nSPS) is 20.7. The number of nitrogens with one attached hydrogen (secondary N) is 1. The average molecular weight is 858 g/mol. The van der Waals surface area contributed by atoms with Crippen LogP contribution in [0.25, 0.3) is 10.8 Å². The lowest BCUT2D eigenvalue weighted by Gasteiger charge is -2.43. The van der Waals surface area contributed by atoms with Gasteiger partial charge in [0, 0.05) is 19.5 Å². The lowest BCUT2D eigenvalue weighted by atomic mass is 9.91. The Labute approximate surface area is 355 Å². The van der Waals surface area contributed by atoms with Gasteiger partial charge in [-0.15, -0.1) is 0 Å². The number of hydrogen-bond acceptors (Lipinski definition) is 9. The Morgan fingerprint density at radius 1 is 0.900 bits per heavy atom. The van der Waals surface area contributed by atoms with Crippen LogP contribution in [0.5, 0.6) is 0 Å². The molecule has 322 valence electrons. The molecule has 6 rings (SSSR count). The Bertz CT molecular complexity index is 2240. The third kappa shape index (κ3) is 9.85. The maximum absolute atomic E-state index is 15.0. The van der Waals surface area contributed by atoms with Gasteiger partial charge in [-0.25, -0.2) is 13.2 Å². The molecule has 0 radical (unpaired) electrons. The summed E-state index contributed by atoms with van der Waals surface area (Å²) in [5.41, 5.74) is 2.48. The van der Waals surface area contributed by atoms with Gasteiger partial charge in [0.15, 0.2) is 20.6 Å². The smallest absolute Gasteiger partial charge is 0.331 e. The number of benzene rings is 4. The van der Waals surface area contributed by atoms with Crippen molar-refractivity contribution >= 4 is 46.9 Å². The lowest BCUT2D eigenvalue weighted by molar-refractivity contribution is -0.154. The van der Waals surface area contributed by atoms with Crippen molar-refractivity contribution in [2.45, 2.75) is 101 Å². The molecule has 12 nitrogen and oxygen atoms in total. The number of amides is 2. The van der Waals surface area contributed by atoms with Gasteiger partial charge in [0.1, 0.15) is 12.2 Å². The molecule has 0 unspecified atom stereocenters. The zero-order chi connectivity index (χ0) is 43.4. The van der Waals surface area contributed by atoms with Crippen molar-refractivity contribution in [3.63, 3.8) is 0 Å². The van der Waals surface area contributed by atoms with Crippen LogP contribution in [0.15, 0.2) is 102 Å². The van der Waals surface area contributed by atoms with E-state index in [4.69, 9.17) is 18.6 Å². The zero-order valence-corrected chi connectivity index (χ0v) is 37.7. The second-order valence-corrected chi connectivity index (χ2v) is 23.9. The Morgan fingerprint density at radius 3 is 2.18 bits per heavy atom. The number of carbonyl (C=O) groups excluding carboxylic acids is 3. The van der Waals surface area contributed by atoms with E-state index in [0.29, 0.717) is 26.3 Å². The number of fused-ring (bicyclic) bond motifs is 1. The van der Waals surface area contributed by atoms with Gasteiger partial charge in [0.25, 0.3) is 0 Å². The monoisotopic (exact) mass is 857 g/mol. The van der Waals surface area contributed by atoms with Gasteiger partial charge in [0.05, 0.1) is 37.2 Å². The van der Waals surface area contributed by atoms with Gasteiger partial charge in [-0.1, -0.05) is 111 Å². The highest BCUT2D eigenvalue weighted by Gasteiger charge is 2.56. The minimum Gasteiger partial charge on any atom is -0.467 e. The van der Waals surface area contributed by atoms with Crippen LogP contribution < -0.4 is 5.32 Å². The van der Waals surface area contributed by atoms with Crippen LogP contribution in [0.1, 0.15) is 56.9 Å². The largest absolute Gasteiger partial charge is 0.467 e. The molecule has 0 aromatic heterocycles. The Kier molecular flexibility index (Phi) is 14.0. The molecule has 2 heterocycles. The summed E-state index contributed by atoms with van der Waals surface area (Å²) in [6, 6.07) is 27.2. The van der Waals surface area contributed by atoms with Crippen LogP contribution in [0.2, 0.25) is 18.1 Å². The number of aryl methyl sites for hydroxylation is 1. The minimum atomic E-state index is -4.31. The van der Waals surface area contributed by atoms with E-state index in [-0.39, 0.29) is 23.6 Å². The summed E-state index contributed by atoms with van der Waals surface area (Å²) in [6.07, 6.45) is -3.50. The summed E-state index contributed by atoms with van der Waals surface area (Å²) in [6.45, 7) is 15.3. The van der Waals surface area contributed by atoms with E-state index < -0.39 is 71.7 Å².